The van der Waals surface area contributed by atoms with Gasteiger partial charge in [0, 0.05) is 0 Å². The van der Waals surface area contributed by atoms with Gasteiger partial charge in [0.05, 0.1) is 0 Å². The van der Waals surface area contributed by atoms with Crippen LogP contribution in [0, 0.1) is 0 Å². The molecule has 0 bridgehead atoms. The minimum atomic E-state index is 0.407. The van der Waals surface area contributed by atoms with Gasteiger partial charge in [-0.05, 0) is 0 Å². The monoisotopic (exact) mass is 212 g/mol. The fourth-order valence-corrected chi connectivity index (χ4v) is 3.20. The fourth-order valence-electron chi connectivity index (χ4n) is 1.21. The van der Waals surface area contributed by atoms with Crippen molar-refractivity contribution in [2.24, 2.45) is 0 Å². The summed E-state index contributed by atoms with van der Waals surface area (Å²) in [5, 5.41) is 0. The predicted octanol–water partition coefficient (Wildman–Crippen LogP) is 2.24. The summed E-state index contributed by atoms with van der Waals surface area (Å²) in [7, 11) is 0. The van der Waals surface area contributed by atoms with Gasteiger partial charge in [-0.25, -0.2) is 0 Å². The van der Waals surface area contributed by atoms with Gasteiger partial charge in [-0.15, -0.1) is 0 Å². The molecule has 0 spiro atoms. The average molecular weight is 211 g/mol. The molecular formula is C8H4O2Se. The summed E-state index contributed by atoms with van der Waals surface area (Å²) in [5.41, 5.74) is 1.87. The standard InChI is InChI=1S/C8H4O2Se/c1-3-9-7-5(1)11-6-2-4-10-8(6)7/h1-4H. The van der Waals surface area contributed by atoms with E-state index in [0.29, 0.717) is 14.5 Å². The maximum atomic E-state index is 5.28. The molecule has 0 aromatic carbocycles. The quantitative estimate of drug-likeness (QED) is 0.533. The normalized spacial score (nSPS) is 11.6. The van der Waals surface area contributed by atoms with Crippen LogP contribution in [0.25, 0.3) is 19.7 Å². The molecule has 0 aliphatic heterocycles. The van der Waals surface area contributed by atoms with Gasteiger partial charge in [-0.2, -0.15) is 0 Å². The molecule has 0 amide bonds. The van der Waals surface area contributed by atoms with Crippen LogP contribution in [0.15, 0.2) is 33.5 Å². The second kappa shape index (κ2) is 1.81. The van der Waals surface area contributed by atoms with Crippen LogP contribution in [0.3, 0.4) is 0 Å². The second-order valence-electron chi connectivity index (χ2n) is 2.33. The Balaban J connectivity index is 2.75. The third kappa shape index (κ3) is 0.621. The predicted molar refractivity (Wildman–Crippen MR) is 42.9 cm³/mol. The summed E-state index contributed by atoms with van der Waals surface area (Å²) < 4.78 is 13.2. The molecule has 3 heteroatoms. The summed E-state index contributed by atoms with van der Waals surface area (Å²) in [4.78, 5) is 0. The SMILES string of the molecule is c1cc2[se]c3ccoc3c2o1. The molecule has 3 heterocycles. The van der Waals surface area contributed by atoms with Crippen molar-refractivity contribution in [1.82, 2.24) is 0 Å². The molecular weight excluding hydrogens is 207 g/mol. The van der Waals surface area contributed by atoms with Crippen molar-refractivity contribution in [3.8, 4) is 0 Å². The molecule has 0 unspecified atom stereocenters. The number of hydrogen-bond acceptors (Lipinski definition) is 2. The molecule has 3 rings (SSSR count). The first-order chi connectivity index (χ1) is 5.45. The first-order valence-corrected chi connectivity index (χ1v) is 4.99. The van der Waals surface area contributed by atoms with E-state index in [1.807, 2.05) is 12.1 Å². The molecule has 0 radical (unpaired) electrons. The molecule has 0 aliphatic rings. The molecule has 0 saturated carbocycles. The van der Waals surface area contributed by atoms with Crippen LogP contribution in [0.4, 0.5) is 0 Å². The third-order valence-electron chi connectivity index (χ3n) is 1.68. The maximum absolute atomic E-state index is 5.28. The van der Waals surface area contributed by atoms with E-state index >= 15 is 0 Å². The van der Waals surface area contributed by atoms with Crippen molar-refractivity contribution in [3.05, 3.63) is 24.7 Å². The van der Waals surface area contributed by atoms with Gasteiger partial charge < -0.3 is 0 Å². The van der Waals surface area contributed by atoms with Gasteiger partial charge in [0.2, 0.25) is 0 Å². The Morgan fingerprint density at radius 2 is 1.45 bits per heavy atom. The van der Waals surface area contributed by atoms with Crippen molar-refractivity contribution < 1.29 is 8.83 Å². The number of furan rings is 2. The van der Waals surface area contributed by atoms with E-state index in [4.69, 9.17) is 8.83 Å². The van der Waals surface area contributed by atoms with Gasteiger partial charge in [-0.3, -0.25) is 0 Å². The van der Waals surface area contributed by atoms with E-state index in [9.17, 15) is 0 Å². The van der Waals surface area contributed by atoms with E-state index in [2.05, 4.69) is 0 Å². The van der Waals surface area contributed by atoms with E-state index < -0.39 is 0 Å². The van der Waals surface area contributed by atoms with Gasteiger partial charge >= 0.3 is 67.7 Å². The number of rotatable bonds is 0. The van der Waals surface area contributed by atoms with Gasteiger partial charge in [0.15, 0.2) is 0 Å². The summed E-state index contributed by atoms with van der Waals surface area (Å²) in [5.74, 6) is 0. The number of hydrogen-bond donors (Lipinski definition) is 0. The van der Waals surface area contributed by atoms with Crippen LogP contribution in [-0.4, -0.2) is 14.5 Å². The Hall–Kier alpha value is -0.921. The second-order valence-corrected chi connectivity index (χ2v) is 4.60. The fraction of sp³-hybridized carbons (Fsp3) is 0. The molecule has 0 atom stereocenters. The zero-order valence-electron chi connectivity index (χ0n) is 5.53. The summed E-state index contributed by atoms with van der Waals surface area (Å²) in [6, 6.07) is 4.04. The Morgan fingerprint density at radius 3 is 2.00 bits per heavy atom. The van der Waals surface area contributed by atoms with Crippen LogP contribution in [0.1, 0.15) is 0 Å². The Labute approximate surface area is 68.1 Å². The first-order valence-electron chi connectivity index (χ1n) is 3.28. The van der Waals surface area contributed by atoms with Gasteiger partial charge in [0.1, 0.15) is 0 Å². The molecule has 3 aromatic rings. The van der Waals surface area contributed by atoms with Crippen LogP contribution in [-0.2, 0) is 0 Å². The molecule has 0 saturated heterocycles. The van der Waals surface area contributed by atoms with Gasteiger partial charge in [-0.1, -0.05) is 0 Å². The summed E-state index contributed by atoms with van der Waals surface area (Å²) >= 11 is 0.407. The van der Waals surface area contributed by atoms with Crippen molar-refractivity contribution in [2.75, 3.05) is 0 Å². The molecule has 0 N–H and O–H groups in total. The van der Waals surface area contributed by atoms with Crippen molar-refractivity contribution >= 4 is 34.2 Å². The topological polar surface area (TPSA) is 26.3 Å². The van der Waals surface area contributed by atoms with E-state index in [1.165, 1.54) is 8.52 Å². The van der Waals surface area contributed by atoms with E-state index in [0.717, 1.165) is 11.2 Å². The Kier molecular flexibility index (Phi) is 0.939. The Morgan fingerprint density at radius 1 is 0.909 bits per heavy atom. The van der Waals surface area contributed by atoms with Crippen molar-refractivity contribution in [3.63, 3.8) is 0 Å². The molecule has 2 nitrogen and oxygen atoms in total. The zero-order chi connectivity index (χ0) is 7.26. The van der Waals surface area contributed by atoms with Crippen LogP contribution in [0.5, 0.6) is 0 Å². The molecule has 54 valence electrons. The van der Waals surface area contributed by atoms with Gasteiger partial charge in [0.25, 0.3) is 0 Å². The third-order valence-corrected chi connectivity index (χ3v) is 3.96. The summed E-state index contributed by atoms with van der Waals surface area (Å²) in [6.45, 7) is 0. The Bertz CT molecular complexity index is 455. The van der Waals surface area contributed by atoms with E-state index in [1.54, 1.807) is 12.5 Å². The minimum absolute atomic E-state index is 0.407. The first kappa shape index (κ1) is 5.69. The molecule has 3 aromatic heterocycles. The van der Waals surface area contributed by atoms with Crippen LogP contribution in [0.2, 0.25) is 0 Å². The van der Waals surface area contributed by atoms with Crippen LogP contribution >= 0.6 is 0 Å². The van der Waals surface area contributed by atoms with Crippen LogP contribution < -0.4 is 0 Å². The summed E-state index contributed by atoms with van der Waals surface area (Å²) in [6.07, 6.45) is 3.44. The zero-order valence-corrected chi connectivity index (χ0v) is 7.25. The van der Waals surface area contributed by atoms with Crippen molar-refractivity contribution in [1.29, 1.82) is 0 Å². The number of fused-ring (bicyclic) bond motifs is 3. The van der Waals surface area contributed by atoms with E-state index in [-0.39, 0.29) is 0 Å². The van der Waals surface area contributed by atoms with Crippen molar-refractivity contribution in [2.45, 2.75) is 0 Å². The molecule has 0 aliphatic carbocycles. The average Bonchev–Trinajstić information content (AvgIpc) is 2.52. The molecule has 0 fully saturated rings. The molecule has 11 heavy (non-hydrogen) atoms.